The van der Waals surface area contributed by atoms with Crippen molar-refractivity contribution in [1.82, 2.24) is 14.5 Å². The minimum Gasteiger partial charge on any atom is -0.497 e. The number of carbonyl (C=O) groups excluding carboxylic acids is 3. The minimum absolute atomic E-state index is 0.0312. The Hall–Kier alpha value is -3.40. The van der Waals surface area contributed by atoms with E-state index in [1.165, 1.54) is 23.1 Å². The summed E-state index contributed by atoms with van der Waals surface area (Å²) in [5.74, 6) is -0.873. The van der Waals surface area contributed by atoms with Gasteiger partial charge >= 0.3 is 0 Å². The largest absolute Gasteiger partial charge is 0.497 e. The summed E-state index contributed by atoms with van der Waals surface area (Å²) in [7, 11) is -2.62. The lowest BCUT2D eigenvalue weighted by molar-refractivity contribution is -0.141. The Kier molecular flexibility index (Phi) is 8.16. The Morgan fingerprint density at radius 2 is 1.74 bits per heavy atom. The molecule has 0 bridgehead atoms. The molecule has 0 radical (unpaired) electrons. The third-order valence-electron chi connectivity index (χ3n) is 5.77. The van der Waals surface area contributed by atoms with Crippen LogP contribution in [-0.4, -0.2) is 61.6 Å². The first-order valence-electron chi connectivity index (χ1n) is 11.5. The highest BCUT2D eigenvalue weighted by atomic mass is 32.2. The highest BCUT2D eigenvalue weighted by molar-refractivity contribution is 7.90. The van der Waals surface area contributed by atoms with E-state index in [4.69, 9.17) is 4.74 Å². The lowest BCUT2D eigenvalue weighted by Crippen LogP contribution is -2.52. The Morgan fingerprint density at radius 1 is 1.09 bits per heavy atom. The van der Waals surface area contributed by atoms with E-state index >= 15 is 0 Å². The fourth-order valence-electron chi connectivity index (χ4n) is 3.87. The number of nitrogens with one attached hydrogen (secondary N) is 1. The first-order chi connectivity index (χ1) is 16.6. The monoisotopic (exact) mass is 501 g/mol. The zero-order chi connectivity index (χ0) is 25.8. The maximum atomic E-state index is 13.5. The zero-order valence-electron chi connectivity index (χ0n) is 20.4. The number of hydrogen-bond acceptors (Lipinski definition) is 6. The molecule has 188 valence electrons. The molecule has 2 aromatic carbocycles. The molecule has 0 spiro atoms. The number of amides is 3. The summed E-state index contributed by atoms with van der Waals surface area (Å²) in [4.78, 5) is 40.6. The summed E-state index contributed by atoms with van der Waals surface area (Å²) in [6.07, 6.45) is 0.312. The normalized spacial score (nSPS) is 15.0. The molecule has 0 saturated heterocycles. The van der Waals surface area contributed by atoms with Gasteiger partial charge in [-0.2, -0.15) is 0 Å². The van der Waals surface area contributed by atoms with E-state index in [2.05, 4.69) is 5.32 Å². The average Bonchev–Trinajstić information content (AvgIpc) is 3.03. The molecule has 0 unspecified atom stereocenters. The van der Waals surface area contributed by atoms with Crippen molar-refractivity contribution in [2.75, 3.05) is 20.2 Å². The Balaban J connectivity index is 1.90. The standard InChI is InChI=1S/C25H31N3O6S/c1-5-21(24(30)26-14-17(2)3)27(15-18-10-12-19(34-4)13-11-18)23(29)16-28-25(31)20-8-6-7-9-22(20)35(28,32)33/h6-13,17,21H,5,14-16H2,1-4H3,(H,26,30)/t21-/m1/s1. The van der Waals surface area contributed by atoms with Gasteiger partial charge in [0.2, 0.25) is 11.8 Å². The van der Waals surface area contributed by atoms with Gasteiger partial charge in [-0.3, -0.25) is 14.4 Å². The summed E-state index contributed by atoms with van der Waals surface area (Å²) < 4.78 is 31.7. The van der Waals surface area contributed by atoms with Crippen LogP contribution in [0.15, 0.2) is 53.4 Å². The van der Waals surface area contributed by atoms with Crippen molar-refractivity contribution in [3.63, 3.8) is 0 Å². The fourth-order valence-corrected chi connectivity index (χ4v) is 5.39. The SMILES string of the molecule is CC[C@H](C(=O)NCC(C)C)N(Cc1ccc(OC)cc1)C(=O)CN1C(=O)c2ccccc2S1(=O)=O. The van der Waals surface area contributed by atoms with Gasteiger partial charge in [-0.15, -0.1) is 0 Å². The van der Waals surface area contributed by atoms with E-state index in [0.717, 1.165) is 5.56 Å². The summed E-state index contributed by atoms with van der Waals surface area (Å²) >= 11 is 0. The lowest BCUT2D eigenvalue weighted by Gasteiger charge is -2.32. The molecule has 1 aliphatic rings. The van der Waals surface area contributed by atoms with Crippen molar-refractivity contribution < 1.29 is 27.5 Å². The fraction of sp³-hybridized carbons (Fsp3) is 0.400. The van der Waals surface area contributed by atoms with Crippen LogP contribution in [0.4, 0.5) is 0 Å². The van der Waals surface area contributed by atoms with E-state index in [0.29, 0.717) is 23.0 Å². The van der Waals surface area contributed by atoms with Gasteiger partial charge in [-0.05, 0) is 42.2 Å². The predicted octanol–water partition coefficient (Wildman–Crippen LogP) is 2.42. The van der Waals surface area contributed by atoms with E-state index < -0.39 is 34.4 Å². The Labute approximate surface area is 206 Å². The molecular weight excluding hydrogens is 470 g/mol. The van der Waals surface area contributed by atoms with Gasteiger partial charge in [0.1, 0.15) is 23.2 Å². The van der Waals surface area contributed by atoms with E-state index in [-0.39, 0.29) is 28.8 Å². The molecule has 1 heterocycles. The third kappa shape index (κ3) is 5.64. The number of rotatable bonds is 10. The molecule has 0 fully saturated rings. The first kappa shape index (κ1) is 26.2. The second kappa shape index (κ2) is 10.9. The van der Waals surface area contributed by atoms with E-state index in [9.17, 15) is 22.8 Å². The maximum absolute atomic E-state index is 13.5. The molecule has 10 heteroatoms. The number of hydrogen-bond donors (Lipinski definition) is 1. The topological polar surface area (TPSA) is 113 Å². The Bertz CT molecular complexity index is 1190. The molecule has 2 aromatic rings. The molecule has 3 rings (SSSR count). The molecule has 1 atom stereocenters. The summed E-state index contributed by atoms with van der Waals surface area (Å²) in [5.41, 5.74) is 0.761. The first-order valence-corrected chi connectivity index (χ1v) is 12.9. The van der Waals surface area contributed by atoms with Crippen molar-refractivity contribution >= 4 is 27.7 Å². The van der Waals surface area contributed by atoms with Gasteiger partial charge in [-0.25, -0.2) is 12.7 Å². The van der Waals surface area contributed by atoms with Gasteiger partial charge in [0, 0.05) is 13.1 Å². The molecular formula is C25H31N3O6S. The molecule has 1 aliphatic heterocycles. The second-order valence-electron chi connectivity index (χ2n) is 8.75. The van der Waals surface area contributed by atoms with Crippen molar-refractivity contribution in [2.45, 2.75) is 44.7 Å². The number of nitrogens with zero attached hydrogens (tertiary/aromatic N) is 2. The molecule has 9 nitrogen and oxygen atoms in total. The number of sulfonamides is 1. The number of benzene rings is 2. The highest BCUT2D eigenvalue weighted by Gasteiger charge is 2.43. The van der Waals surface area contributed by atoms with Crippen LogP contribution in [0.3, 0.4) is 0 Å². The highest BCUT2D eigenvalue weighted by Crippen LogP contribution is 2.30. The number of fused-ring (bicyclic) bond motifs is 1. The zero-order valence-corrected chi connectivity index (χ0v) is 21.2. The lowest BCUT2D eigenvalue weighted by atomic mass is 10.1. The predicted molar refractivity (Wildman–Crippen MR) is 130 cm³/mol. The molecule has 0 aromatic heterocycles. The van der Waals surface area contributed by atoms with Gasteiger partial charge in [-0.1, -0.05) is 45.0 Å². The van der Waals surface area contributed by atoms with Crippen LogP contribution in [0.25, 0.3) is 0 Å². The van der Waals surface area contributed by atoms with E-state index in [1.54, 1.807) is 44.4 Å². The van der Waals surface area contributed by atoms with Crippen LogP contribution in [0, 0.1) is 5.92 Å². The van der Waals surface area contributed by atoms with Crippen LogP contribution in [0.2, 0.25) is 0 Å². The third-order valence-corrected chi connectivity index (χ3v) is 7.56. The summed E-state index contributed by atoms with van der Waals surface area (Å²) in [6, 6.07) is 12.0. The van der Waals surface area contributed by atoms with Crippen LogP contribution in [0.5, 0.6) is 5.75 Å². The molecule has 0 aliphatic carbocycles. The van der Waals surface area contributed by atoms with Crippen LogP contribution < -0.4 is 10.1 Å². The van der Waals surface area contributed by atoms with Crippen LogP contribution >= 0.6 is 0 Å². The molecule has 35 heavy (non-hydrogen) atoms. The summed E-state index contributed by atoms with van der Waals surface area (Å²) in [5, 5.41) is 2.85. The van der Waals surface area contributed by atoms with Crippen molar-refractivity contribution in [2.24, 2.45) is 5.92 Å². The second-order valence-corrected chi connectivity index (χ2v) is 10.6. The summed E-state index contributed by atoms with van der Waals surface area (Å²) in [6.45, 7) is 5.51. The van der Waals surface area contributed by atoms with E-state index in [1.807, 2.05) is 13.8 Å². The maximum Gasteiger partial charge on any atom is 0.269 e. The van der Waals surface area contributed by atoms with Crippen molar-refractivity contribution in [3.05, 3.63) is 59.7 Å². The number of ether oxygens (including phenoxy) is 1. The van der Waals surface area contributed by atoms with Gasteiger partial charge in [0.15, 0.2) is 0 Å². The number of methoxy groups -OCH3 is 1. The molecule has 1 N–H and O–H groups in total. The van der Waals surface area contributed by atoms with Crippen LogP contribution in [0.1, 0.15) is 43.1 Å². The molecule has 3 amide bonds. The smallest absolute Gasteiger partial charge is 0.269 e. The quantitative estimate of drug-likeness (QED) is 0.535. The van der Waals surface area contributed by atoms with Gasteiger partial charge in [0.05, 0.1) is 12.7 Å². The van der Waals surface area contributed by atoms with Crippen molar-refractivity contribution in [3.8, 4) is 5.75 Å². The molecule has 0 saturated carbocycles. The van der Waals surface area contributed by atoms with Gasteiger partial charge < -0.3 is 15.0 Å². The van der Waals surface area contributed by atoms with Gasteiger partial charge in [0.25, 0.3) is 15.9 Å². The van der Waals surface area contributed by atoms with Crippen molar-refractivity contribution in [1.29, 1.82) is 0 Å². The van der Waals surface area contributed by atoms with Crippen LogP contribution in [-0.2, 0) is 26.2 Å². The number of carbonyl (C=O) groups is 3. The Morgan fingerprint density at radius 3 is 2.31 bits per heavy atom. The average molecular weight is 502 g/mol. The minimum atomic E-state index is -4.16.